The fourth-order valence-electron chi connectivity index (χ4n) is 2.94. The zero-order chi connectivity index (χ0) is 18.4. The molecule has 1 heterocycles. The second-order valence-electron chi connectivity index (χ2n) is 7.02. The van der Waals surface area contributed by atoms with Crippen LogP contribution in [0.25, 0.3) is 0 Å². The van der Waals surface area contributed by atoms with Crippen molar-refractivity contribution < 1.29 is 9.59 Å². The molecule has 1 fully saturated rings. The highest BCUT2D eigenvalue weighted by atomic mass is 79.9. The number of hydrogen-bond acceptors (Lipinski definition) is 3. The van der Waals surface area contributed by atoms with E-state index in [0.29, 0.717) is 18.1 Å². The van der Waals surface area contributed by atoms with E-state index in [0.717, 1.165) is 35.3 Å². The summed E-state index contributed by atoms with van der Waals surface area (Å²) in [5, 5.41) is 3.11. The topological polar surface area (TPSA) is 49.4 Å². The van der Waals surface area contributed by atoms with Crippen LogP contribution in [0.5, 0.6) is 0 Å². The molecule has 1 aromatic rings. The van der Waals surface area contributed by atoms with Gasteiger partial charge in [-0.1, -0.05) is 29.8 Å². The minimum atomic E-state index is 0.0688. The van der Waals surface area contributed by atoms with E-state index in [2.05, 4.69) is 48.1 Å². The lowest BCUT2D eigenvalue weighted by Crippen LogP contribution is -2.47. The molecule has 1 saturated heterocycles. The molecule has 0 aromatic heterocycles. The summed E-state index contributed by atoms with van der Waals surface area (Å²) >= 11 is 5.02. The van der Waals surface area contributed by atoms with Gasteiger partial charge in [-0.25, -0.2) is 0 Å². The molecule has 1 N–H and O–H groups in total. The van der Waals surface area contributed by atoms with Crippen LogP contribution >= 0.6 is 27.7 Å². The molecular formula is C19H27BrN2O2S. The fourth-order valence-corrected chi connectivity index (χ4v) is 4.24. The van der Waals surface area contributed by atoms with Gasteiger partial charge in [0.25, 0.3) is 0 Å². The molecule has 6 heteroatoms. The number of piperidine rings is 1. The SMILES string of the molecule is Cc1cc(Br)ccc1SCC(=O)NC1CCN(C(=O)CC(C)C)CC1. The molecule has 2 rings (SSSR count). The molecule has 0 spiro atoms. The Bertz CT molecular complexity index is 613. The van der Waals surface area contributed by atoms with E-state index >= 15 is 0 Å². The third-order valence-corrected chi connectivity index (χ3v) is 5.96. The summed E-state index contributed by atoms with van der Waals surface area (Å²) in [7, 11) is 0. The van der Waals surface area contributed by atoms with Crippen molar-refractivity contribution in [2.24, 2.45) is 5.92 Å². The Morgan fingerprint density at radius 2 is 2.00 bits per heavy atom. The summed E-state index contributed by atoms with van der Waals surface area (Å²) in [6.45, 7) is 7.67. The minimum Gasteiger partial charge on any atom is -0.353 e. The van der Waals surface area contributed by atoms with Crippen LogP contribution in [0.3, 0.4) is 0 Å². The number of likely N-dealkylation sites (tertiary alicyclic amines) is 1. The lowest BCUT2D eigenvalue weighted by molar-refractivity contribution is -0.133. The molecule has 138 valence electrons. The quantitative estimate of drug-likeness (QED) is 0.699. The van der Waals surface area contributed by atoms with Crippen molar-refractivity contribution in [1.82, 2.24) is 10.2 Å². The van der Waals surface area contributed by atoms with Gasteiger partial charge in [-0.15, -0.1) is 11.8 Å². The first-order chi connectivity index (χ1) is 11.8. The largest absolute Gasteiger partial charge is 0.353 e. The monoisotopic (exact) mass is 426 g/mol. The van der Waals surface area contributed by atoms with E-state index in [1.807, 2.05) is 17.0 Å². The summed E-state index contributed by atoms with van der Waals surface area (Å²) in [5.74, 6) is 1.12. The number of nitrogens with zero attached hydrogens (tertiary/aromatic N) is 1. The fraction of sp³-hybridized carbons (Fsp3) is 0.579. The van der Waals surface area contributed by atoms with E-state index in [-0.39, 0.29) is 17.9 Å². The predicted molar refractivity (Wildman–Crippen MR) is 107 cm³/mol. The standard InChI is InChI=1S/C19H27BrN2O2S/c1-13(2)10-19(24)22-8-6-16(7-9-22)21-18(23)12-25-17-5-4-15(20)11-14(17)3/h4-5,11,13,16H,6-10,12H2,1-3H3,(H,21,23). The average Bonchev–Trinajstić information content (AvgIpc) is 2.54. The molecular weight excluding hydrogens is 400 g/mol. The van der Waals surface area contributed by atoms with E-state index in [9.17, 15) is 9.59 Å². The lowest BCUT2D eigenvalue weighted by Gasteiger charge is -2.32. The van der Waals surface area contributed by atoms with Gasteiger partial charge in [-0.05, 0) is 49.4 Å². The minimum absolute atomic E-state index is 0.0688. The van der Waals surface area contributed by atoms with Gasteiger partial charge in [-0.3, -0.25) is 9.59 Å². The molecule has 0 radical (unpaired) electrons. The molecule has 0 atom stereocenters. The first-order valence-corrected chi connectivity index (χ1v) is 10.6. The summed E-state index contributed by atoms with van der Waals surface area (Å²) in [6.07, 6.45) is 2.30. The summed E-state index contributed by atoms with van der Waals surface area (Å²) in [6, 6.07) is 6.28. The number of rotatable bonds is 6. The van der Waals surface area contributed by atoms with Crippen molar-refractivity contribution in [3.8, 4) is 0 Å². The van der Waals surface area contributed by atoms with Crippen LogP contribution in [0.1, 0.15) is 38.7 Å². The van der Waals surface area contributed by atoms with Crippen molar-refractivity contribution >= 4 is 39.5 Å². The molecule has 1 aliphatic heterocycles. The molecule has 1 aromatic carbocycles. The number of carbonyl (C=O) groups is 2. The zero-order valence-electron chi connectivity index (χ0n) is 15.2. The number of hydrogen-bond donors (Lipinski definition) is 1. The zero-order valence-corrected chi connectivity index (χ0v) is 17.6. The van der Waals surface area contributed by atoms with Crippen LogP contribution < -0.4 is 5.32 Å². The molecule has 4 nitrogen and oxygen atoms in total. The maximum absolute atomic E-state index is 12.2. The van der Waals surface area contributed by atoms with Gasteiger partial charge in [0.2, 0.25) is 11.8 Å². The highest BCUT2D eigenvalue weighted by Crippen LogP contribution is 2.25. The number of thioether (sulfide) groups is 1. The first-order valence-electron chi connectivity index (χ1n) is 8.81. The third kappa shape index (κ3) is 6.66. The molecule has 25 heavy (non-hydrogen) atoms. The maximum atomic E-state index is 12.2. The van der Waals surface area contributed by atoms with Crippen LogP contribution in [-0.4, -0.2) is 41.6 Å². The Labute approximate surface area is 163 Å². The Hall–Kier alpha value is -1.01. The second-order valence-corrected chi connectivity index (χ2v) is 8.95. The highest BCUT2D eigenvalue weighted by molar-refractivity contribution is 9.10. The lowest BCUT2D eigenvalue weighted by atomic mass is 10.0. The maximum Gasteiger partial charge on any atom is 0.230 e. The average molecular weight is 427 g/mol. The highest BCUT2D eigenvalue weighted by Gasteiger charge is 2.24. The molecule has 0 unspecified atom stereocenters. The number of amides is 2. The summed E-state index contributed by atoms with van der Waals surface area (Å²) in [4.78, 5) is 27.4. The van der Waals surface area contributed by atoms with Gasteiger partial charge in [0.15, 0.2) is 0 Å². The number of aryl methyl sites for hydroxylation is 1. The number of benzene rings is 1. The van der Waals surface area contributed by atoms with Gasteiger partial charge >= 0.3 is 0 Å². The molecule has 0 bridgehead atoms. The van der Waals surface area contributed by atoms with Crippen LogP contribution in [0.4, 0.5) is 0 Å². The first kappa shape index (κ1) is 20.3. The molecule has 2 amide bonds. The Morgan fingerprint density at radius 1 is 1.32 bits per heavy atom. The summed E-state index contributed by atoms with van der Waals surface area (Å²) < 4.78 is 1.05. The van der Waals surface area contributed by atoms with Crippen LogP contribution in [-0.2, 0) is 9.59 Å². The van der Waals surface area contributed by atoms with Crippen molar-refractivity contribution in [1.29, 1.82) is 0 Å². The van der Waals surface area contributed by atoms with Gasteiger partial charge in [-0.2, -0.15) is 0 Å². The van der Waals surface area contributed by atoms with Crippen LogP contribution in [0.2, 0.25) is 0 Å². The summed E-state index contributed by atoms with van der Waals surface area (Å²) in [5.41, 5.74) is 1.17. The Kier molecular flexibility index (Phi) is 7.81. The van der Waals surface area contributed by atoms with Crippen LogP contribution in [0.15, 0.2) is 27.6 Å². The van der Waals surface area contributed by atoms with Gasteiger partial charge in [0.05, 0.1) is 5.75 Å². The van der Waals surface area contributed by atoms with E-state index in [4.69, 9.17) is 0 Å². The van der Waals surface area contributed by atoms with Gasteiger partial charge in [0.1, 0.15) is 0 Å². The predicted octanol–water partition coefficient (Wildman–Crippen LogP) is 4.00. The van der Waals surface area contributed by atoms with E-state index < -0.39 is 0 Å². The normalized spacial score (nSPS) is 15.5. The molecule has 1 aliphatic rings. The molecule has 0 saturated carbocycles. The Morgan fingerprint density at radius 3 is 2.60 bits per heavy atom. The van der Waals surface area contributed by atoms with E-state index in [1.54, 1.807) is 11.8 Å². The number of halogens is 1. The van der Waals surface area contributed by atoms with Crippen molar-refractivity contribution in [2.75, 3.05) is 18.8 Å². The number of carbonyl (C=O) groups excluding carboxylic acids is 2. The van der Waals surface area contributed by atoms with Crippen molar-refractivity contribution in [3.05, 3.63) is 28.2 Å². The molecule has 0 aliphatic carbocycles. The van der Waals surface area contributed by atoms with Gasteiger partial charge in [0, 0.05) is 34.9 Å². The Balaban J connectivity index is 1.72. The van der Waals surface area contributed by atoms with Crippen LogP contribution in [0, 0.1) is 12.8 Å². The van der Waals surface area contributed by atoms with Crippen molar-refractivity contribution in [3.63, 3.8) is 0 Å². The van der Waals surface area contributed by atoms with E-state index in [1.165, 1.54) is 5.56 Å². The second kappa shape index (κ2) is 9.62. The number of nitrogens with one attached hydrogen (secondary N) is 1. The van der Waals surface area contributed by atoms with Crippen molar-refractivity contribution in [2.45, 2.75) is 51.0 Å². The third-order valence-electron chi connectivity index (χ3n) is 4.29. The van der Waals surface area contributed by atoms with Gasteiger partial charge < -0.3 is 10.2 Å². The smallest absolute Gasteiger partial charge is 0.230 e.